The van der Waals surface area contributed by atoms with Gasteiger partial charge in [-0.15, -0.1) is 0 Å². The molecule has 0 aliphatic carbocycles. The number of aromatic nitrogens is 5. The van der Waals surface area contributed by atoms with Gasteiger partial charge in [0.15, 0.2) is 11.5 Å². The van der Waals surface area contributed by atoms with E-state index < -0.39 is 17.4 Å². The number of H-pyrrole nitrogens is 1. The van der Waals surface area contributed by atoms with Gasteiger partial charge in [-0.25, -0.2) is 19.3 Å². The third-order valence-corrected chi connectivity index (χ3v) is 5.94. The summed E-state index contributed by atoms with van der Waals surface area (Å²) in [6.07, 6.45) is 2.94. The number of benzene rings is 2. The van der Waals surface area contributed by atoms with E-state index in [9.17, 15) is 9.18 Å². The zero-order valence-corrected chi connectivity index (χ0v) is 18.1. The van der Waals surface area contributed by atoms with E-state index in [0.717, 1.165) is 0 Å². The zero-order valence-electron chi connectivity index (χ0n) is 16.6. The van der Waals surface area contributed by atoms with Gasteiger partial charge in [0, 0.05) is 5.69 Å². The first kappa shape index (κ1) is 20.4. The molecule has 0 unspecified atom stereocenters. The number of hydrogen-bond donors (Lipinski definition) is 2. The Balaban J connectivity index is 1.73. The highest BCUT2D eigenvalue weighted by Gasteiger charge is 2.20. The number of pyridine rings is 1. The molecule has 0 aliphatic heterocycles. The van der Waals surface area contributed by atoms with Crippen molar-refractivity contribution in [2.45, 2.75) is 13.0 Å². The van der Waals surface area contributed by atoms with Gasteiger partial charge in [0.25, 0.3) is 5.56 Å². The van der Waals surface area contributed by atoms with Crippen LogP contribution in [-0.2, 0) is 0 Å². The first-order valence-corrected chi connectivity index (χ1v) is 10.4. The minimum Gasteiger partial charge on any atom is -0.360 e. The van der Waals surface area contributed by atoms with Crippen LogP contribution in [0.4, 0.5) is 10.2 Å². The molecular formula is C22H15Cl2FN6O. The summed E-state index contributed by atoms with van der Waals surface area (Å²) < 4.78 is 16.0. The minimum absolute atomic E-state index is 0.00810. The topological polar surface area (TPSA) is 88.5 Å². The zero-order chi connectivity index (χ0) is 22.4. The molecule has 0 bridgehead atoms. The van der Waals surface area contributed by atoms with Gasteiger partial charge in [-0.05, 0) is 42.6 Å². The molecule has 5 aromatic rings. The molecule has 2 aromatic carbocycles. The Morgan fingerprint density at radius 1 is 1.09 bits per heavy atom. The maximum Gasteiger partial charge on any atom is 0.266 e. The summed E-state index contributed by atoms with van der Waals surface area (Å²) in [4.78, 5) is 29.1. The largest absolute Gasteiger partial charge is 0.360 e. The van der Waals surface area contributed by atoms with E-state index in [-0.39, 0.29) is 10.4 Å². The van der Waals surface area contributed by atoms with E-state index in [2.05, 4.69) is 25.3 Å². The monoisotopic (exact) mass is 468 g/mol. The summed E-state index contributed by atoms with van der Waals surface area (Å²) in [5.74, 6) is -0.0984. The molecule has 0 fully saturated rings. The lowest BCUT2D eigenvalue weighted by molar-refractivity contribution is 0.637. The molecule has 2 N–H and O–H groups in total. The first-order valence-electron chi connectivity index (χ1n) is 9.64. The van der Waals surface area contributed by atoms with E-state index >= 15 is 0 Å². The van der Waals surface area contributed by atoms with Gasteiger partial charge >= 0.3 is 0 Å². The minimum atomic E-state index is -0.595. The Hall–Kier alpha value is -3.49. The van der Waals surface area contributed by atoms with Crippen LogP contribution in [0, 0.1) is 5.82 Å². The number of imidazole rings is 1. The Labute approximate surface area is 190 Å². The molecule has 0 saturated carbocycles. The van der Waals surface area contributed by atoms with Crippen LogP contribution in [0.3, 0.4) is 0 Å². The van der Waals surface area contributed by atoms with E-state index in [1.54, 1.807) is 36.4 Å². The molecule has 0 aliphatic rings. The predicted molar refractivity (Wildman–Crippen MR) is 123 cm³/mol. The molecule has 7 nitrogen and oxygen atoms in total. The Morgan fingerprint density at radius 2 is 1.94 bits per heavy atom. The number of anilines is 1. The molecule has 0 radical (unpaired) electrons. The van der Waals surface area contributed by atoms with Crippen molar-refractivity contribution in [2.24, 2.45) is 0 Å². The summed E-state index contributed by atoms with van der Waals surface area (Å²) in [6.45, 7) is 1.87. The van der Waals surface area contributed by atoms with E-state index in [0.29, 0.717) is 38.8 Å². The van der Waals surface area contributed by atoms with Gasteiger partial charge in [-0.3, -0.25) is 9.36 Å². The molecule has 10 heteroatoms. The second-order valence-electron chi connectivity index (χ2n) is 7.20. The third kappa shape index (κ3) is 3.37. The van der Waals surface area contributed by atoms with Gasteiger partial charge in [0.2, 0.25) is 0 Å². The van der Waals surface area contributed by atoms with E-state index in [1.165, 1.54) is 23.3 Å². The summed E-state index contributed by atoms with van der Waals surface area (Å²) in [5.41, 5.74) is 1.68. The molecule has 32 heavy (non-hydrogen) atoms. The van der Waals surface area contributed by atoms with Crippen molar-refractivity contribution in [3.63, 3.8) is 0 Å². The first-order chi connectivity index (χ1) is 15.4. The lowest BCUT2D eigenvalue weighted by Gasteiger charge is -2.21. The molecule has 0 amide bonds. The predicted octanol–water partition coefficient (Wildman–Crippen LogP) is 5.28. The van der Waals surface area contributed by atoms with Crippen LogP contribution in [0.1, 0.15) is 18.7 Å². The maximum absolute atomic E-state index is 14.6. The lowest BCUT2D eigenvalue weighted by Crippen LogP contribution is -2.26. The highest BCUT2D eigenvalue weighted by molar-refractivity contribution is 6.42. The number of fused-ring (bicyclic) bond motifs is 2. The molecule has 3 aromatic heterocycles. The van der Waals surface area contributed by atoms with Crippen LogP contribution in [-0.4, -0.2) is 24.5 Å². The van der Waals surface area contributed by atoms with E-state index in [4.69, 9.17) is 23.2 Å². The molecule has 5 rings (SSSR count). The van der Waals surface area contributed by atoms with Gasteiger partial charge in [-0.1, -0.05) is 35.3 Å². The van der Waals surface area contributed by atoms with Crippen molar-refractivity contribution >= 4 is 51.0 Å². The van der Waals surface area contributed by atoms with Crippen molar-refractivity contribution in [3.05, 3.63) is 87.0 Å². The van der Waals surface area contributed by atoms with Crippen LogP contribution in [0.25, 0.3) is 27.6 Å². The van der Waals surface area contributed by atoms with Crippen LogP contribution in [0.2, 0.25) is 10.0 Å². The van der Waals surface area contributed by atoms with Crippen molar-refractivity contribution in [1.82, 2.24) is 24.5 Å². The van der Waals surface area contributed by atoms with Gasteiger partial charge in [0.05, 0.1) is 33.5 Å². The fraction of sp³-hybridized carbons (Fsp3) is 0.0909. The van der Waals surface area contributed by atoms with Gasteiger partial charge in [0.1, 0.15) is 17.7 Å². The van der Waals surface area contributed by atoms with Crippen LogP contribution >= 0.6 is 23.2 Å². The second kappa shape index (κ2) is 7.89. The fourth-order valence-corrected chi connectivity index (χ4v) is 3.99. The Morgan fingerprint density at radius 3 is 2.75 bits per heavy atom. The van der Waals surface area contributed by atoms with Gasteiger partial charge < -0.3 is 10.3 Å². The third-order valence-electron chi connectivity index (χ3n) is 5.20. The molecule has 3 heterocycles. The lowest BCUT2D eigenvalue weighted by atomic mass is 10.1. The maximum atomic E-state index is 14.6. The normalized spacial score (nSPS) is 12.4. The molecule has 0 saturated heterocycles. The highest BCUT2D eigenvalue weighted by atomic mass is 35.5. The van der Waals surface area contributed by atoms with Crippen molar-refractivity contribution in [1.29, 1.82) is 0 Å². The summed E-state index contributed by atoms with van der Waals surface area (Å²) >= 11 is 12.3. The molecule has 1 atom stereocenters. The number of aromatic amines is 1. The molecule has 160 valence electrons. The standard InChI is InChI=1S/C22H15Cl2FN6O/c1-11(30-21-19-20(27-9-26-19)28-10-29-21)17-7-12-3-2-4-16(25)18(12)22(32)31(17)13-5-6-14(23)15(24)8-13/h2-11H,1H3,(H2,26,27,28,29,30)/t11-/m0/s1. The van der Waals surface area contributed by atoms with E-state index in [1.807, 2.05) is 6.92 Å². The van der Waals surface area contributed by atoms with Crippen LogP contribution in [0.5, 0.6) is 0 Å². The van der Waals surface area contributed by atoms with Crippen molar-refractivity contribution in [3.8, 4) is 5.69 Å². The molecular weight excluding hydrogens is 454 g/mol. The highest BCUT2D eigenvalue weighted by Crippen LogP contribution is 2.29. The van der Waals surface area contributed by atoms with Gasteiger partial charge in [-0.2, -0.15) is 0 Å². The second-order valence-corrected chi connectivity index (χ2v) is 8.01. The SMILES string of the molecule is C[C@H](Nc1ncnc2[nH]cnc12)c1cc2cccc(F)c2c(=O)n1-c1ccc(Cl)c(Cl)c1. The quantitative estimate of drug-likeness (QED) is 0.374. The fourth-order valence-electron chi connectivity index (χ4n) is 3.70. The number of nitrogens with one attached hydrogen (secondary N) is 2. The summed E-state index contributed by atoms with van der Waals surface area (Å²) in [7, 11) is 0. The number of rotatable bonds is 4. The number of nitrogens with zero attached hydrogens (tertiary/aromatic N) is 4. The van der Waals surface area contributed by atoms with Crippen LogP contribution < -0.4 is 10.9 Å². The number of halogens is 3. The van der Waals surface area contributed by atoms with Crippen LogP contribution in [0.15, 0.2) is 59.9 Å². The number of hydrogen-bond acceptors (Lipinski definition) is 5. The molecule has 0 spiro atoms. The van der Waals surface area contributed by atoms with Crippen molar-refractivity contribution in [2.75, 3.05) is 5.32 Å². The Bertz CT molecular complexity index is 1550. The summed E-state index contributed by atoms with van der Waals surface area (Å²) in [6, 6.07) is 10.7. The smallest absolute Gasteiger partial charge is 0.266 e. The average molecular weight is 469 g/mol. The average Bonchev–Trinajstić information content (AvgIpc) is 3.25. The Kier molecular flexibility index (Phi) is 5.03. The summed E-state index contributed by atoms with van der Waals surface area (Å²) in [5, 5.41) is 4.40. The van der Waals surface area contributed by atoms with Crippen molar-refractivity contribution < 1.29 is 4.39 Å².